The first-order valence-electron chi connectivity index (χ1n) is 5.43. The van der Waals surface area contributed by atoms with Crippen molar-refractivity contribution in [1.82, 2.24) is 0 Å². The van der Waals surface area contributed by atoms with Crippen molar-refractivity contribution in [3.63, 3.8) is 0 Å². The van der Waals surface area contributed by atoms with Crippen molar-refractivity contribution in [3.05, 3.63) is 0 Å². The summed E-state index contributed by atoms with van der Waals surface area (Å²) in [5.74, 6) is -0.702. The van der Waals surface area contributed by atoms with E-state index in [2.05, 4.69) is 0 Å². The molecule has 0 amide bonds. The lowest BCUT2D eigenvalue weighted by atomic mass is 9.91. The van der Waals surface area contributed by atoms with E-state index in [0.29, 0.717) is 19.4 Å². The molecular weight excluding hydrogens is 212 g/mol. The summed E-state index contributed by atoms with van der Waals surface area (Å²) in [6, 6.07) is 0. The number of carbonyl (C=O) groups excluding carboxylic acids is 2. The zero-order valence-corrected chi connectivity index (χ0v) is 9.95. The summed E-state index contributed by atoms with van der Waals surface area (Å²) in [6.07, 6.45) is 0.628. The molecule has 5 heteroatoms. The molecule has 0 aromatic carbocycles. The van der Waals surface area contributed by atoms with Gasteiger partial charge in [0.15, 0.2) is 12.9 Å². The van der Waals surface area contributed by atoms with E-state index in [4.69, 9.17) is 14.2 Å². The summed E-state index contributed by atoms with van der Waals surface area (Å²) < 4.78 is 14.8. The van der Waals surface area contributed by atoms with Crippen LogP contribution in [0.3, 0.4) is 0 Å². The van der Waals surface area contributed by atoms with Crippen LogP contribution in [-0.4, -0.2) is 31.4 Å². The number of cyclic esters (lactones) is 1. The molecule has 1 heterocycles. The van der Waals surface area contributed by atoms with Gasteiger partial charge in [-0.3, -0.25) is 4.79 Å². The van der Waals surface area contributed by atoms with Crippen LogP contribution in [0.1, 0.15) is 33.6 Å². The van der Waals surface area contributed by atoms with Crippen molar-refractivity contribution in [2.45, 2.75) is 39.7 Å². The molecule has 1 unspecified atom stereocenters. The summed E-state index contributed by atoms with van der Waals surface area (Å²) in [4.78, 5) is 22.5. The van der Waals surface area contributed by atoms with Crippen molar-refractivity contribution in [2.75, 3.05) is 13.4 Å². The summed E-state index contributed by atoms with van der Waals surface area (Å²) in [6.45, 7) is 5.70. The minimum absolute atomic E-state index is 0.192. The van der Waals surface area contributed by atoms with Crippen LogP contribution in [0.25, 0.3) is 0 Å². The molecule has 0 radical (unpaired) electrons. The van der Waals surface area contributed by atoms with Gasteiger partial charge in [0.25, 0.3) is 0 Å². The van der Waals surface area contributed by atoms with Gasteiger partial charge in [0.05, 0.1) is 12.0 Å². The third kappa shape index (κ3) is 3.20. The number of hydrogen-bond donors (Lipinski definition) is 0. The minimum Gasteiger partial charge on any atom is -0.464 e. The smallest absolute Gasteiger partial charge is 0.335 e. The molecule has 0 aliphatic carbocycles. The quantitative estimate of drug-likeness (QED) is 0.525. The van der Waals surface area contributed by atoms with Crippen LogP contribution in [0.4, 0.5) is 0 Å². The third-order valence-electron chi connectivity index (χ3n) is 2.78. The van der Waals surface area contributed by atoms with Crippen LogP contribution in [0.15, 0.2) is 0 Å². The van der Waals surface area contributed by atoms with E-state index < -0.39 is 11.5 Å². The first-order valence-corrected chi connectivity index (χ1v) is 5.43. The van der Waals surface area contributed by atoms with E-state index >= 15 is 0 Å². The summed E-state index contributed by atoms with van der Waals surface area (Å²) in [7, 11) is 0. The van der Waals surface area contributed by atoms with E-state index in [0.717, 1.165) is 0 Å². The second-order valence-electron chi connectivity index (χ2n) is 4.40. The Labute approximate surface area is 95.0 Å². The molecule has 0 saturated carbocycles. The average molecular weight is 230 g/mol. The fourth-order valence-electron chi connectivity index (χ4n) is 1.14. The second kappa shape index (κ2) is 5.30. The Hall–Kier alpha value is -1.10. The lowest BCUT2D eigenvalue weighted by molar-refractivity contribution is -0.175. The highest BCUT2D eigenvalue weighted by Gasteiger charge is 2.30. The molecule has 0 aromatic rings. The molecule has 0 spiro atoms. The average Bonchev–Trinajstić information content (AvgIpc) is 2.64. The highest BCUT2D eigenvalue weighted by molar-refractivity contribution is 5.76. The molecule has 1 fully saturated rings. The molecule has 0 bridgehead atoms. The SMILES string of the molecule is CCC(C)(C)C(=O)OCOC1CCOC1=O. The van der Waals surface area contributed by atoms with Gasteiger partial charge in [-0.25, -0.2) is 4.79 Å². The van der Waals surface area contributed by atoms with Crippen LogP contribution in [-0.2, 0) is 23.8 Å². The molecule has 1 aliphatic rings. The Bertz CT molecular complexity index is 272. The topological polar surface area (TPSA) is 61.8 Å². The van der Waals surface area contributed by atoms with Crippen LogP contribution in [0.2, 0.25) is 0 Å². The van der Waals surface area contributed by atoms with Gasteiger partial charge in [-0.05, 0) is 20.3 Å². The molecule has 1 aliphatic heterocycles. The van der Waals surface area contributed by atoms with Crippen molar-refractivity contribution in [1.29, 1.82) is 0 Å². The first-order chi connectivity index (χ1) is 7.47. The van der Waals surface area contributed by atoms with E-state index in [1.54, 1.807) is 13.8 Å². The van der Waals surface area contributed by atoms with Crippen LogP contribution >= 0.6 is 0 Å². The molecule has 92 valence electrons. The maximum atomic E-state index is 11.5. The summed E-state index contributed by atoms with van der Waals surface area (Å²) in [5, 5.41) is 0. The number of hydrogen-bond acceptors (Lipinski definition) is 5. The summed E-state index contributed by atoms with van der Waals surface area (Å²) in [5.41, 5.74) is -0.514. The maximum absolute atomic E-state index is 11.5. The van der Waals surface area contributed by atoms with Gasteiger partial charge in [0, 0.05) is 6.42 Å². The fraction of sp³-hybridized carbons (Fsp3) is 0.818. The number of carbonyl (C=O) groups is 2. The van der Waals surface area contributed by atoms with Crippen LogP contribution in [0.5, 0.6) is 0 Å². The zero-order valence-electron chi connectivity index (χ0n) is 9.95. The Kier molecular flexibility index (Phi) is 4.29. The third-order valence-corrected chi connectivity index (χ3v) is 2.78. The molecular formula is C11H18O5. The monoisotopic (exact) mass is 230 g/mol. The van der Waals surface area contributed by atoms with Crippen molar-refractivity contribution in [2.24, 2.45) is 5.41 Å². The van der Waals surface area contributed by atoms with Crippen molar-refractivity contribution < 1.29 is 23.8 Å². The minimum atomic E-state index is -0.586. The Morgan fingerprint density at radius 2 is 2.25 bits per heavy atom. The van der Waals surface area contributed by atoms with E-state index in [-0.39, 0.29) is 18.7 Å². The summed E-state index contributed by atoms with van der Waals surface area (Å²) >= 11 is 0. The van der Waals surface area contributed by atoms with Gasteiger partial charge < -0.3 is 14.2 Å². The van der Waals surface area contributed by atoms with Crippen molar-refractivity contribution in [3.8, 4) is 0 Å². The number of esters is 2. The van der Waals surface area contributed by atoms with Gasteiger partial charge >= 0.3 is 11.9 Å². The Morgan fingerprint density at radius 1 is 1.56 bits per heavy atom. The van der Waals surface area contributed by atoms with Crippen LogP contribution in [0, 0.1) is 5.41 Å². The van der Waals surface area contributed by atoms with Gasteiger partial charge in [-0.15, -0.1) is 0 Å². The lowest BCUT2D eigenvalue weighted by Crippen LogP contribution is -2.28. The van der Waals surface area contributed by atoms with E-state index in [1.165, 1.54) is 0 Å². The predicted molar refractivity (Wildman–Crippen MR) is 55.5 cm³/mol. The molecule has 1 rings (SSSR count). The Morgan fingerprint density at radius 3 is 2.75 bits per heavy atom. The molecule has 1 saturated heterocycles. The zero-order chi connectivity index (χ0) is 12.2. The molecule has 0 N–H and O–H groups in total. The molecule has 1 atom stereocenters. The van der Waals surface area contributed by atoms with Gasteiger partial charge in [-0.2, -0.15) is 0 Å². The lowest BCUT2D eigenvalue weighted by Gasteiger charge is -2.20. The second-order valence-corrected chi connectivity index (χ2v) is 4.40. The fourth-order valence-corrected chi connectivity index (χ4v) is 1.14. The van der Waals surface area contributed by atoms with Gasteiger partial charge in [0.1, 0.15) is 0 Å². The number of ether oxygens (including phenoxy) is 3. The van der Waals surface area contributed by atoms with Crippen molar-refractivity contribution >= 4 is 11.9 Å². The van der Waals surface area contributed by atoms with Gasteiger partial charge in [-0.1, -0.05) is 6.92 Å². The normalized spacial score (nSPS) is 20.7. The maximum Gasteiger partial charge on any atom is 0.335 e. The number of rotatable bonds is 5. The standard InChI is InChI=1S/C11H18O5/c1-4-11(2,3)10(13)16-7-15-8-5-6-14-9(8)12/h8H,4-7H2,1-3H3. The highest BCUT2D eigenvalue weighted by atomic mass is 16.7. The van der Waals surface area contributed by atoms with E-state index in [9.17, 15) is 9.59 Å². The van der Waals surface area contributed by atoms with Crippen LogP contribution < -0.4 is 0 Å². The molecule has 16 heavy (non-hydrogen) atoms. The first kappa shape index (κ1) is 13.0. The van der Waals surface area contributed by atoms with Gasteiger partial charge in [0.2, 0.25) is 0 Å². The molecule has 5 nitrogen and oxygen atoms in total. The highest BCUT2D eigenvalue weighted by Crippen LogP contribution is 2.21. The molecule has 0 aromatic heterocycles. The predicted octanol–water partition coefficient (Wildman–Crippen LogP) is 1.26. The van der Waals surface area contributed by atoms with E-state index in [1.807, 2.05) is 6.92 Å². The largest absolute Gasteiger partial charge is 0.464 e. The Balaban J connectivity index is 2.25.